The van der Waals surface area contributed by atoms with Crippen molar-refractivity contribution in [3.05, 3.63) is 65.7 Å². The van der Waals surface area contributed by atoms with E-state index >= 15 is 0 Å². The van der Waals surface area contributed by atoms with E-state index in [1.807, 2.05) is 6.07 Å². The summed E-state index contributed by atoms with van der Waals surface area (Å²) in [6.45, 7) is 3.15. The number of nitrogen functional groups attached to an aromatic ring is 1. The Kier molecular flexibility index (Phi) is 6.56. The lowest BCUT2D eigenvalue weighted by molar-refractivity contribution is 0.109. The Morgan fingerprint density at radius 2 is 1.77 bits per heavy atom. The van der Waals surface area contributed by atoms with Crippen molar-refractivity contribution in [3.8, 4) is 0 Å². The van der Waals surface area contributed by atoms with Gasteiger partial charge >= 0.3 is 6.03 Å². The number of urea groups is 1. The molecule has 0 atom stereocenters. The summed E-state index contributed by atoms with van der Waals surface area (Å²) in [6, 6.07) is 17.6. The van der Waals surface area contributed by atoms with Gasteiger partial charge in [-0.1, -0.05) is 55.3 Å². The molecular formula is C25H33N5O. The molecule has 0 bridgehead atoms. The van der Waals surface area contributed by atoms with Crippen molar-refractivity contribution in [2.45, 2.75) is 50.6 Å². The number of nitrogens with two attached hydrogens (primary N) is 1. The molecule has 31 heavy (non-hydrogen) atoms. The zero-order valence-electron chi connectivity index (χ0n) is 18.1. The summed E-state index contributed by atoms with van der Waals surface area (Å²) in [5, 5.41) is 13.9. The summed E-state index contributed by atoms with van der Waals surface area (Å²) in [7, 11) is 0. The molecule has 4 rings (SSSR count). The number of piperidine rings is 1. The van der Waals surface area contributed by atoms with Crippen LogP contribution in [0.15, 0.2) is 54.6 Å². The van der Waals surface area contributed by atoms with E-state index in [-0.39, 0.29) is 17.4 Å². The third kappa shape index (κ3) is 5.25. The van der Waals surface area contributed by atoms with Crippen LogP contribution in [0.2, 0.25) is 0 Å². The molecular weight excluding hydrogens is 386 g/mol. The molecule has 5 N–H and O–H groups in total. The van der Waals surface area contributed by atoms with Crippen LogP contribution in [-0.4, -0.2) is 35.4 Å². The second-order valence-electron chi connectivity index (χ2n) is 8.97. The van der Waals surface area contributed by atoms with Crippen LogP contribution in [0, 0.1) is 11.3 Å². The molecule has 0 aromatic heterocycles. The smallest absolute Gasteiger partial charge is 0.319 e. The van der Waals surface area contributed by atoms with Crippen molar-refractivity contribution < 1.29 is 4.79 Å². The molecule has 0 radical (unpaired) electrons. The van der Waals surface area contributed by atoms with Gasteiger partial charge in [0.25, 0.3) is 0 Å². The third-order valence-electron chi connectivity index (χ3n) is 6.91. The Morgan fingerprint density at radius 1 is 1.06 bits per heavy atom. The second-order valence-corrected chi connectivity index (χ2v) is 8.97. The van der Waals surface area contributed by atoms with Gasteiger partial charge in [0.15, 0.2) is 0 Å². The van der Waals surface area contributed by atoms with E-state index in [2.05, 4.69) is 45.9 Å². The van der Waals surface area contributed by atoms with Crippen molar-refractivity contribution in [1.29, 1.82) is 5.41 Å². The summed E-state index contributed by atoms with van der Waals surface area (Å²) >= 11 is 0. The van der Waals surface area contributed by atoms with E-state index in [1.54, 1.807) is 18.2 Å². The lowest BCUT2D eigenvalue weighted by atomic mass is 9.76. The first-order valence-electron chi connectivity index (χ1n) is 11.3. The molecule has 2 aliphatic rings. The van der Waals surface area contributed by atoms with Crippen LogP contribution in [0.4, 0.5) is 10.5 Å². The van der Waals surface area contributed by atoms with Gasteiger partial charge in [-0.05, 0) is 62.4 Å². The molecule has 1 saturated heterocycles. The topological polar surface area (TPSA) is 94.2 Å². The Balaban J connectivity index is 1.36. The van der Waals surface area contributed by atoms with Crippen molar-refractivity contribution in [3.63, 3.8) is 0 Å². The van der Waals surface area contributed by atoms with E-state index in [0.29, 0.717) is 17.2 Å². The molecule has 1 heterocycles. The highest BCUT2D eigenvalue weighted by atomic mass is 16.2. The standard InChI is InChI=1S/C25H33N5O/c26-23(27)20-9-6-10-22(17-20)28-24(31)29-25(13-4-5-14-25)21-11-15-30(16-12-21)18-19-7-2-1-3-8-19/h1-3,6-10,17,21H,4-5,11-16,18H2,(H3,26,27)(H2,28,29,31). The van der Waals surface area contributed by atoms with E-state index in [9.17, 15) is 4.79 Å². The maximum atomic E-state index is 12.9. The number of hydrogen-bond donors (Lipinski definition) is 4. The summed E-state index contributed by atoms with van der Waals surface area (Å²) in [5.41, 5.74) is 8.10. The number of amidine groups is 1. The maximum absolute atomic E-state index is 12.9. The zero-order valence-corrected chi connectivity index (χ0v) is 18.1. The Labute approximate surface area is 184 Å². The normalized spacial score (nSPS) is 19.1. The molecule has 0 spiro atoms. The molecule has 6 nitrogen and oxygen atoms in total. The van der Waals surface area contributed by atoms with Crippen molar-refractivity contribution >= 4 is 17.6 Å². The largest absolute Gasteiger partial charge is 0.384 e. The van der Waals surface area contributed by atoms with Crippen LogP contribution in [0.25, 0.3) is 0 Å². The van der Waals surface area contributed by atoms with Gasteiger partial charge in [0, 0.05) is 23.3 Å². The summed E-state index contributed by atoms with van der Waals surface area (Å²) in [6.07, 6.45) is 6.68. The number of benzene rings is 2. The number of likely N-dealkylation sites (tertiary alicyclic amines) is 1. The van der Waals surface area contributed by atoms with E-state index in [0.717, 1.165) is 45.3 Å². The van der Waals surface area contributed by atoms with Crippen molar-refractivity contribution in [1.82, 2.24) is 10.2 Å². The Bertz CT molecular complexity index is 899. The molecule has 0 unspecified atom stereocenters. The van der Waals surface area contributed by atoms with Gasteiger partial charge in [0.2, 0.25) is 0 Å². The highest BCUT2D eigenvalue weighted by Crippen LogP contribution is 2.41. The molecule has 164 valence electrons. The van der Waals surface area contributed by atoms with Gasteiger partial charge in [-0.15, -0.1) is 0 Å². The highest BCUT2D eigenvalue weighted by molar-refractivity contribution is 5.97. The number of nitrogens with one attached hydrogen (secondary N) is 3. The first-order chi connectivity index (χ1) is 15.0. The average Bonchev–Trinajstić information content (AvgIpc) is 3.24. The predicted octanol–water partition coefficient (Wildman–Crippen LogP) is 4.32. The minimum atomic E-state index is -0.158. The van der Waals surface area contributed by atoms with Gasteiger partial charge in [-0.25, -0.2) is 4.79 Å². The number of carbonyl (C=O) groups is 1. The monoisotopic (exact) mass is 419 g/mol. The van der Waals surface area contributed by atoms with Crippen LogP contribution in [-0.2, 0) is 6.54 Å². The number of hydrogen-bond acceptors (Lipinski definition) is 3. The van der Waals surface area contributed by atoms with Gasteiger partial charge in [-0.3, -0.25) is 10.3 Å². The number of carbonyl (C=O) groups excluding carboxylic acids is 1. The SMILES string of the molecule is N=C(N)c1cccc(NC(=O)NC2(C3CCN(Cc4ccccc4)CC3)CCCC2)c1. The first-order valence-corrected chi connectivity index (χ1v) is 11.3. The molecule has 2 aromatic carbocycles. The summed E-state index contributed by atoms with van der Waals surface area (Å²) in [4.78, 5) is 15.4. The number of rotatable bonds is 6. The van der Waals surface area contributed by atoms with Crippen molar-refractivity contribution in [2.24, 2.45) is 11.7 Å². The van der Waals surface area contributed by atoms with Crippen LogP contribution < -0.4 is 16.4 Å². The zero-order chi connectivity index (χ0) is 21.7. The number of nitrogens with zero attached hydrogens (tertiary/aromatic N) is 1. The van der Waals surface area contributed by atoms with Crippen molar-refractivity contribution in [2.75, 3.05) is 18.4 Å². The van der Waals surface area contributed by atoms with Crippen LogP contribution in [0.1, 0.15) is 49.7 Å². The van der Waals surface area contributed by atoms with Crippen LogP contribution in [0.3, 0.4) is 0 Å². The van der Waals surface area contributed by atoms with E-state index < -0.39 is 0 Å². The maximum Gasteiger partial charge on any atom is 0.319 e. The van der Waals surface area contributed by atoms with Gasteiger partial charge in [0.1, 0.15) is 5.84 Å². The second kappa shape index (κ2) is 9.52. The molecule has 2 amide bonds. The number of anilines is 1. The average molecular weight is 420 g/mol. The lowest BCUT2D eigenvalue weighted by Gasteiger charge is -2.43. The van der Waals surface area contributed by atoms with Crippen LogP contribution in [0.5, 0.6) is 0 Å². The quantitative estimate of drug-likeness (QED) is 0.415. The van der Waals surface area contributed by atoms with Gasteiger partial charge in [0.05, 0.1) is 0 Å². The Morgan fingerprint density at radius 3 is 2.45 bits per heavy atom. The van der Waals surface area contributed by atoms with E-state index in [1.165, 1.54) is 18.4 Å². The molecule has 2 fully saturated rings. The summed E-state index contributed by atoms with van der Waals surface area (Å²) < 4.78 is 0. The third-order valence-corrected chi connectivity index (χ3v) is 6.91. The fraction of sp³-hybridized carbons (Fsp3) is 0.440. The highest BCUT2D eigenvalue weighted by Gasteiger charge is 2.43. The van der Waals surface area contributed by atoms with Crippen LogP contribution >= 0.6 is 0 Å². The molecule has 2 aromatic rings. The molecule has 1 saturated carbocycles. The fourth-order valence-electron chi connectivity index (χ4n) is 5.28. The predicted molar refractivity (Wildman–Crippen MR) is 125 cm³/mol. The number of amides is 2. The lowest BCUT2D eigenvalue weighted by Crippen LogP contribution is -2.55. The van der Waals surface area contributed by atoms with Gasteiger partial charge in [-0.2, -0.15) is 0 Å². The summed E-state index contributed by atoms with van der Waals surface area (Å²) in [5.74, 6) is 0.509. The Hall–Kier alpha value is -2.86. The first kappa shape index (κ1) is 21.4. The molecule has 1 aliphatic carbocycles. The molecule has 1 aliphatic heterocycles. The van der Waals surface area contributed by atoms with E-state index in [4.69, 9.17) is 11.1 Å². The minimum absolute atomic E-state index is 0.00131. The minimum Gasteiger partial charge on any atom is -0.384 e. The molecule has 6 heteroatoms. The fourth-order valence-corrected chi connectivity index (χ4v) is 5.28. The van der Waals surface area contributed by atoms with Gasteiger partial charge < -0.3 is 16.4 Å².